The molecule has 2 atom stereocenters. The van der Waals surface area contributed by atoms with Crippen molar-refractivity contribution in [2.24, 2.45) is 7.05 Å². The largest absolute Gasteiger partial charge is 0.382 e. The Morgan fingerprint density at radius 3 is 3.12 bits per heavy atom. The molecule has 0 amide bonds. The van der Waals surface area contributed by atoms with Gasteiger partial charge < -0.3 is 19.7 Å². The highest BCUT2D eigenvalue weighted by molar-refractivity contribution is 5.04. The van der Waals surface area contributed by atoms with E-state index in [0.717, 1.165) is 13.2 Å². The SMILES string of the molecule is Cn1ccnc1C(C)(O)CC1COCCN1. The molecule has 1 fully saturated rings. The summed E-state index contributed by atoms with van der Waals surface area (Å²) < 4.78 is 7.23. The van der Waals surface area contributed by atoms with Gasteiger partial charge in [0.1, 0.15) is 11.4 Å². The van der Waals surface area contributed by atoms with Crippen LogP contribution >= 0.6 is 0 Å². The van der Waals surface area contributed by atoms with Gasteiger partial charge in [-0.2, -0.15) is 0 Å². The topological polar surface area (TPSA) is 59.3 Å². The minimum absolute atomic E-state index is 0.195. The maximum atomic E-state index is 10.4. The van der Waals surface area contributed by atoms with Crippen molar-refractivity contribution in [1.29, 1.82) is 0 Å². The van der Waals surface area contributed by atoms with Crippen molar-refractivity contribution in [1.82, 2.24) is 14.9 Å². The zero-order chi connectivity index (χ0) is 11.6. The quantitative estimate of drug-likeness (QED) is 0.760. The van der Waals surface area contributed by atoms with Crippen LogP contribution in [0.3, 0.4) is 0 Å². The van der Waals surface area contributed by atoms with Crippen LogP contribution in [0.5, 0.6) is 0 Å². The van der Waals surface area contributed by atoms with Crippen LogP contribution in [0, 0.1) is 0 Å². The number of aryl methyl sites for hydroxylation is 1. The second kappa shape index (κ2) is 4.53. The van der Waals surface area contributed by atoms with Gasteiger partial charge in [-0.25, -0.2) is 4.98 Å². The van der Waals surface area contributed by atoms with Crippen LogP contribution in [0.15, 0.2) is 12.4 Å². The molecule has 2 heterocycles. The van der Waals surface area contributed by atoms with E-state index in [9.17, 15) is 5.11 Å². The monoisotopic (exact) mass is 225 g/mol. The number of nitrogens with one attached hydrogen (secondary N) is 1. The summed E-state index contributed by atoms with van der Waals surface area (Å²) >= 11 is 0. The lowest BCUT2D eigenvalue weighted by Gasteiger charge is -2.31. The van der Waals surface area contributed by atoms with Gasteiger partial charge in [0.15, 0.2) is 0 Å². The summed E-state index contributed by atoms with van der Waals surface area (Å²) in [6.07, 6.45) is 4.15. The fourth-order valence-corrected chi connectivity index (χ4v) is 2.21. The molecule has 0 aromatic carbocycles. The van der Waals surface area contributed by atoms with Crippen molar-refractivity contribution in [2.45, 2.75) is 25.0 Å². The van der Waals surface area contributed by atoms with Gasteiger partial charge >= 0.3 is 0 Å². The molecule has 0 radical (unpaired) electrons. The standard InChI is InChI=1S/C11H19N3O2/c1-11(15,10-13-3-5-14(10)2)7-9-8-16-6-4-12-9/h3,5,9,12,15H,4,6-8H2,1-2H3. The van der Waals surface area contributed by atoms with Crippen molar-refractivity contribution in [3.05, 3.63) is 18.2 Å². The Hall–Kier alpha value is -0.910. The molecule has 2 unspecified atom stereocenters. The maximum absolute atomic E-state index is 10.4. The molecule has 1 saturated heterocycles. The predicted molar refractivity (Wildman–Crippen MR) is 60.0 cm³/mol. The lowest BCUT2D eigenvalue weighted by molar-refractivity contribution is -0.00408. The Kier molecular flexibility index (Phi) is 3.28. The molecule has 0 spiro atoms. The van der Waals surface area contributed by atoms with Crippen LogP contribution in [0.25, 0.3) is 0 Å². The predicted octanol–water partition coefficient (Wildman–Crippen LogP) is 0.00610. The number of imidazole rings is 1. The number of aromatic nitrogens is 2. The fraction of sp³-hybridized carbons (Fsp3) is 0.727. The molecule has 2 N–H and O–H groups in total. The first-order valence-electron chi connectivity index (χ1n) is 5.61. The van der Waals surface area contributed by atoms with Crippen LogP contribution in [0.2, 0.25) is 0 Å². The number of hydrogen-bond donors (Lipinski definition) is 2. The second-order valence-corrected chi connectivity index (χ2v) is 4.57. The Labute approximate surface area is 95.4 Å². The molecule has 1 aromatic heterocycles. The van der Waals surface area contributed by atoms with Crippen molar-refractivity contribution >= 4 is 0 Å². The average molecular weight is 225 g/mol. The van der Waals surface area contributed by atoms with Gasteiger partial charge in [0.25, 0.3) is 0 Å². The van der Waals surface area contributed by atoms with Crippen LogP contribution in [0.4, 0.5) is 0 Å². The van der Waals surface area contributed by atoms with E-state index < -0.39 is 5.60 Å². The molecular formula is C11H19N3O2. The van der Waals surface area contributed by atoms with E-state index in [-0.39, 0.29) is 6.04 Å². The van der Waals surface area contributed by atoms with Gasteiger partial charge in [0.2, 0.25) is 0 Å². The lowest BCUT2D eigenvalue weighted by atomic mass is 9.95. The third-order valence-corrected chi connectivity index (χ3v) is 2.95. The molecule has 0 bridgehead atoms. The first kappa shape index (κ1) is 11.6. The third kappa shape index (κ3) is 2.42. The number of aliphatic hydroxyl groups is 1. The molecule has 1 aliphatic rings. The van der Waals surface area contributed by atoms with E-state index in [1.165, 1.54) is 0 Å². The van der Waals surface area contributed by atoms with Crippen molar-refractivity contribution in [3.63, 3.8) is 0 Å². The normalized spacial score (nSPS) is 25.3. The summed E-state index contributed by atoms with van der Waals surface area (Å²) in [4.78, 5) is 4.20. The highest BCUT2D eigenvalue weighted by Crippen LogP contribution is 2.24. The molecule has 90 valence electrons. The van der Waals surface area contributed by atoms with Crippen LogP contribution < -0.4 is 5.32 Å². The van der Waals surface area contributed by atoms with E-state index in [1.807, 2.05) is 17.8 Å². The van der Waals surface area contributed by atoms with Gasteiger partial charge in [0, 0.05) is 38.4 Å². The molecular weight excluding hydrogens is 206 g/mol. The van der Waals surface area contributed by atoms with Gasteiger partial charge in [0.05, 0.1) is 13.2 Å². The van der Waals surface area contributed by atoms with Crippen molar-refractivity contribution < 1.29 is 9.84 Å². The first-order chi connectivity index (χ1) is 7.59. The van der Waals surface area contributed by atoms with Gasteiger partial charge in [-0.3, -0.25) is 0 Å². The molecule has 5 heteroatoms. The number of morpholine rings is 1. The Bertz CT molecular complexity index is 343. The van der Waals surface area contributed by atoms with Crippen molar-refractivity contribution in [3.8, 4) is 0 Å². The summed E-state index contributed by atoms with van der Waals surface area (Å²) in [6, 6.07) is 0.195. The number of hydrogen-bond acceptors (Lipinski definition) is 4. The molecule has 1 aliphatic heterocycles. The Morgan fingerprint density at radius 2 is 2.56 bits per heavy atom. The zero-order valence-corrected chi connectivity index (χ0v) is 9.81. The second-order valence-electron chi connectivity index (χ2n) is 4.57. The average Bonchev–Trinajstić information content (AvgIpc) is 2.66. The van der Waals surface area contributed by atoms with Gasteiger partial charge in [-0.15, -0.1) is 0 Å². The number of rotatable bonds is 3. The molecule has 1 aromatic rings. The summed E-state index contributed by atoms with van der Waals surface area (Å²) in [6.45, 7) is 4.05. The van der Waals surface area contributed by atoms with E-state index in [2.05, 4.69) is 10.3 Å². The smallest absolute Gasteiger partial charge is 0.140 e. The highest BCUT2D eigenvalue weighted by atomic mass is 16.5. The summed E-state index contributed by atoms with van der Waals surface area (Å²) in [5.74, 6) is 0.694. The van der Waals surface area contributed by atoms with E-state index in [1.54, 1.807) is 13.1 Å². The summed E-state index contributed by atoms with van der Waals surface area (Å²) in [5.41, 5.74) is -0.920. The Balaban J connectivity index is 2.04. The molecule has 16 heavy (non-hydrogen) atoms. The highest BCUT2D eigenvalue weighted by Gasteiger charge is 2.31. The summed E-state index contributed by atoms with van der Waals surface area (Å²) in [5, 5.41) is 13.8. The molecule has 2 rings (SSSR count). The number of nitrogens with zero attached hydrogens (tertiary/aromatic N) is 2. The van der Waals surface area contributed by atoms with Gasteiger partial charge in [-0.05, 0) is 6.92 Å². The minimum Gasteiger partial charge on any atom is -0.382 e. The fourth-order valence-electron chi connectivity index (χ4n) is 2.21. The van der Waals surface area contributed by atoms with Gasteiger partial charge in [-0.1, -0.05) is 0 Å². The summed E-state index contributed by atoms with van der Waals surface area (Å²) in [7, 11) is 1.89. The molecule has 5 nitrogen and oxygen atoms in total. The van der Waals surface area contributed by atoms with Crippen LogP contribution in [-0.2, 0) is 17.4 Å². The first-order valence-corrected chi connectivity index (χ1v) is 5.61. The zero-order valence-electron chi connectivity index (χ0n) is 9.81. The number of ether oxygens (including phenoxy) is 1. The molecule has 0 saturated carbocycles. The van der Waals surface area contributed by atoms with E-state index in [0.29, 0.717) is 18.9 Å². The van der Waals surface area contributed by atoms with Crippen LogP contribution in [0.1, 0.15) is 19.2 Å². The van der Waals surface area contributed by atoms with E-state index in [4.69, 9.17) is 4.74 Å². The Morgan fingerprint density at radius 1 is 1.75 bits per heavy atom. The van der Waals surface area contributed by atoms with Crippen molar-refractivity contribution in [2.75, 3.05) is 19.8 Å². The van der Waals surface area contributed by atoms with E-state index >= 15 is 0 Å². The maximum Gasteiger partial charge on any atom is 0.140 e. The van der Waals surface area contributed by atoms with Crippen LogP contribution in [-0.4, -0.2) is 40.5 Å². The third-order valence-electron chi connectivity index (χ3n) is 2.95. The molecule has 0 aliphatic carbocycles. The lowest BCUT2D eigenvalue weighted by Crippen LogP contribution is -2.45. The minimum atomic E-state index is -0.920.